The molecule has 0 spiro atoms. The molecule has 0 bridgehead atoms. The van der Waals surface area contributed by atoms with Crippen LogP contribution in [-0.4, -0.2) is 47.9 Å². The van der Waals surface area contributed by atoms with E-state index in [1.54, 1.807) is 0 Å². The van der Waals surface area contributed by atoms with E-state index in [0.717, 1.165) is 22.3 Å². The standard InChI is InChI=1S/C24H23F3N2O5/c1-2-7-19(22(31)32)28-21(30)20(12-24(25,26)27)29-23(33)34-13-18-16-10-5-3-8-14(16)15-9-4-6-11-17(15)18/h2-6,8-11,18-20H,1,7,12-13H2,(H,28,30)(H,29,33)(H,31,32). The molecule has 180 valence electrons. The number of rotatable bonds is 9. The molecule has 2 unspecified atom stereocenters. The molecule has 0 radical (unpaired) electrons. The molecule has 0 fully saturated rings. The molecule has 0 saturated carbocycles. The van der Waals surface area contributed by atoms with Crippen LogP contribution in [0.1, 0.15) is 29.9 Å². The van der Waals surface area contributed by atoms with Gasteiger partial charge in [0, 0.05) is 5.92 Å². The molecule has 0 heterocycles. The van der Waals surface area contributed by atoms with E-state index in [4.69, 9.17) is 9.84 Å². The zero-order valence-electron chi connectivity index (χ0n) is 18.0. The zero-order chi connectivity index (χ0) is 24.9. The Morgan fingerprint density at radius 3 is 2.06 bits per heavy atom. The maximum Gasteiger partial charge on any atom is 0.407 e. The van der Waals surface area contributed by atoms with Crippen molar-refractivity contribution in [1.29, 1.82) is 0 Å². The summed E-state index contributed by atoms with van der Waals surface area (Å²) in [6.45, 7) is 3.19. The summed E-state index contributed by atoms with van der Waals surface area (Å²) >= 11 is 0. The third-order valence-electron chi connectivity index (χ3n) is 5.40. The number of halogens is 3. The number of ether oxygens (including phenoxy) is 1. The second-order valence-electron chi connectivity index (χ2n) is 7.77. The molecule has 7 nitrogen and oxygen atoms in total. The lowest BCUT2D eigenvalue weighted by molar-refractivity contribution is -0.150. The second-order valence-corrected chi connectivity index (χ2v) is 7.77. The van der Waals surface area contributed by atoms with Crippen LogP contribution in [0.4, 0.5) is 18.0 Å². The minimum Gasteiger partial charge on any atom is -0.480 e. The molecule has 34 heavy (non-hydrogen) atoms. The number of fused-ring (bicyclic) bond motifs is 3. The fourth-order valence-electron chi connectivity index (χ4n) is 3.88. The summed E-state index contributed by atoms with van der Waals surface area (Å²) in [5, 5.41) is 13.0. The lowest BCUT2D eigenvalue weighted by Gasteiger charge is -2.22. The Bertz CT molecular complexity index is 1040. The fraction of sp³-hybridized carbons (Fsp3) is 0.292. The van der Waals surface area contributed by atoms with Crippen LogP contribution in [0.5, 0.6) is 0 Å². The summed E-state index contributed by atoms with van der Waals surface area (Å²) in [4.78, 5) is 35.9. The van der Waals surface area contributed by atoms with Crippen molar-refractivity contribution in [3.8, 4) is 11.1 Å². The predicted octanol–water partition coefficient (Wildman–Crippen LogP) is 3.99. The van der Waals surface area contributed by atoms with Crippen LogP contribution < -0.4 is 10.6 Å². The molecule has 0 aromatic heterocycles. The van der Waals surface area contributed by atoms with Gasteiger partial charge >= 0.3 is 18.2 Å². The number of alkyl carbamates (subject to hydrolysis) is 1. The molecule has 0 saturated heterocycles. The van der Waals surface area contributed by atoms with Crippen LogP contribution >= 0.6 is 0 Å². The van der Waals surface area contributed by atoms with Gasteiger partial charge in [-0.1, -0.05) is 54.6 Å². The summed E-state index contributed by atoms with van der Waals surface area (Å²) in [5.74, 6) is -3.06. The van der Waals surface area contributed by atoms with Crippen molar-refractivity contribution < 1.29 is 37.4 Å². The van der Waals surface area contributed by atoms with E-state index in [-0.39, 0.29) is 18.9 Å². The summed E-state index contributed by atoms with van der Waals surface area (Å²) in [7, 11) is 0. The first-order chi connectivity index (χ1) is 16.1. The highest BCUT2D eigenvalue weighted by atomic mass is 19.4. The van der Waals surface area contributed by atoms with E-state index >= 15 is 0 Å². The van der Waals surface area contributed by atoms with Crippen molar-refractivity contribution in [3.05, 3.63) is 72.3 Å². The Labute approximate surface area is 193 Å². The van der Waals surface area contributed by atoms with Crippen molar-refractivity contribution >= 4 is 18.0 Å². The number of alkyl halides is 3. The number of amides is 2. The molecule has 2 aromatic carbocycles. The summed E-state index contributed by atoms with van der Waals surface area (Å²) in [6, 6.07) is 11.5. The topological polar surface area (TPSA) is 105 Å². The minimum atomic E-state index is -4.80. The van der Waals surface area contributed by atoms with Gasteiger partial charge in [-0.3, -0.25) is 4.79 Å². The van der Waals surface area contributed by atoms with E-state index in [1.807, 2.05) is 59.2 Å². The van der Waals surface area contributed by atoms with E-state index < -0.39 is 42.7 Å². The highest BCUT2D eigenvalue weighted by Crippen LogP contribution is 2.44. The van der Waals surface area contributed by atoms with Crippen molar-refractivity contribution in [2.24, 2.45) is 0 Å². The first-order valence-corrected chi connectivity index (χ1v) is 10.4. The maximum absolute atomic E-state index is 13.0. The molecule has 2 amide bonds. The van der Waals surface area contributed by atoms with E-state index in [1.165, 1.54) is 6.08 Å². The molecule has 0 aliphatic heterocycles. The minimum absolute atomic E-state index is 0.158. The van der Waals surface area contributed by atoms with Crippen molar-refractivity contribution in [2.75, 3.05) is 6.61 Å². The van der Waals surface area contributed by atoms with Gasteiger partial charge in [-0.05, 0) is 28.7 Å². The molecule has 10 heteroatoms. The summed E-state index contributed by atoms with van der Waals surface area (Å²) in [5.41, 5.74) is 3.77. The van der Waals surface area contributed by atoms with Gasteiger partial charge in [-0.2, -0.15) is 13.2 Å². The number of benzene rings is 2. The van der Waals surface area contributed by atoms with Gasteiger partial charge in [0.15, 0.2) is 0 Å². The third-order valence-corrected chi connectivity index (χ3v) is 5.40. The lowest BCUT2D eigenvalue weighted by atomic mass is 9.98. The van der Waals surface area contributed by atoms with Crippen LogP contribution in [0.25, 0.3) is 11.1 Å². The lowest BCUT2D eigenvalue weighted by Crippen LogP contribution is -2.53. The van der Waals surface area contributed by atoms with Gasteiger partial charge in [0.1, 0.15) is 18.7 Å². The molecule has 1 aliphatic carbocycles. The molecule has 2 atom stereocenters. The quantitative estimate of drug-likeness (QED) is 0.475. The van der Waals surface area contributed by atoms with Crippen LogP contribution in [0.15, 0.2) is 61.2 Å². The number of hydrogen-bond acceptors (Lipinski definition) is 4. The number of carbonyl (C=O) groups excluding carboxylic acids is 2. The number of nitrogens with one attached hydrogen (secondary N) is 2. The first kappa shape index (κ1) is 24.8. The predicted molar refractivity (Wildman–Crippen MR) is 117 cm³/mol. The highest BCUT2D eigenvalue weighted by molar-refractivity contribution is 5.89. The maximum atomic E-state index is 13.0. The Hall–Kier alpha value is -3.82. The fourth-order valence-corrected chi connectivity index (χ4v) is 3.88. The van der Waals surface area contributed by atoms with Crippen molar-refractivity contribution in [2.45, 2.75) is 37.0 Å². The van der Waals surface area contributed by atoms with Crippen LogP contribution in [0.2, 0.25) is 0 Å². The third kappa shape index (κ3) is 5.94. The van der Waals surface area contributed by atoms with Gasteiger partial charge in [0.2, 0.25) is 5.91 Å². The van der Waals surface area contributed by atoms with Crippen LogP contribution in [0, 0.1) is 0 Å². The number of carbonyl (C=O) groups is 3. The number of hydrogen-bond donors (Lipinski definition) is 3. The van der Waals surface area contributed by atoms with Gasteiger partial charge in [0.25, 0.3) is 0 Å². The number of carboxylic acid groups (broad SMARTS) is 1. The average Bonchev–Trinajstić information content (AvgIpc) is 3.09. The van der Waals surface area contributed by atoms with E-state index in [2.05, 4.69) is 6.58 Å². The summed E-state index contributed by atoms with van der Waals surface area (Å²) < 4.78 is 44.3. The van der Waals surface area contributed by atoms with Gasteiger partial charge < -0.3 is 20.5 Å². The van der Waals surface area contributed by atoms with Crippen LogP contribution in [0.3, 0.4) is 0 Å². The Morgan fingerprint density at radius 1 is 1.00 bits per heavy atom. The molecule has 2 aromatic rings. The van der Waals surface area contributed by atoms with Crippen molar-refractivity contribution in [3.63, 3.8) is 0 Å². The molecule has 3 rings (SSSR count). The van der Waals surface area contributed by atoms with Crippen LogP contribution in [-0.2, 0) is 14.3 Å². The smallest absolute Gasteiger partial charge is 0.407 e. The SMILES string of the molecule is C=CCC(NC(=O)C(CC(F)(F)F)NC(=O)OCC1c2ccccc2-c2ccccc21)C(=O)O. The van der Waals surface area contributed by atoms with E-state index in [0.29, 0.717) is 0 Å². The zero-order valence-corrected chi connectivity index (χ0v) is 18.0. The summed E-state index contributed by atoms with van der Waals surface area (Å²) in [6.07, 6.45) is -6.71. The normalized spacial score (nSPS) is 14.3. The Morgan fingerprint density at radius 2 is 1.56 bits per heavy atom. The molecule has 1 aliphatic rings. The Balaban J connectivity index is 1.69. The Kier molecular flexibility index (Phi) is 7.60. The monoisotopic (exact) mass is 476 g/mol. The largest absolute Gasteiger partial charge is 0.480 e. The number of aliphatic carboxylic acids is 1. The first-order valence-electron chi connectivity index (χ1n) is 10.4. The van der Waals surface area contributed by atoms with Crippen molar-refractivity contribution in [1.82, 2.24) is 10.6 Å². The molecular weight excluding hydrogens is 453 g/mol. The highest BCUT2D eigenvalue weighted by Gasteiger charge is 2.38. The van der Waals surface area contributed by atoms with Gasteiger partial charge in [-0.15, -0.1) is 6.58 Å². The average molecular weight is 476 g/mol. The van der Waals surface area contributed by atoms with E-state index in [9.17, 15) is 27.6 Å². The molecule has 3 N–H and O–H groups in total. The van der Waals surface area contributed by atoms with Gasteiger partial charge in [0.05, 0.1) is 6.42 Å². The molecular formula is C24H23F3N2O5. The second kappa shape index (κ2) is 10.4. The van der Waals surface area contributed by atoms with Gasteiger partial charge in [-0.25, -0.2) is 9.59 Å². The number of carboxylic acids is 1.